The third kappa shape index (κ3) is 4.84. The van der Waals surface area contributed by atoms with Crippen molar-refractivity contribution in [2.24, 2.45) is 0 Å². The minimum atomic E-state index is -3.77. The van der Waals surface area contributed by atoms with E-state index in [4.69, 9.17) is 23.2 Å². The zero-order valence-electron chi connectivity index (χ0n) is 14.7. The Bertz CT molecular complexity index is 1110. The summed E-state index contributed by atoms with van der Waals surface area (Å²) in [6.45, 7) is 1.75. The van der Waals surface area contributed by atoms with Crippen LogP contribution >= 0.6 is 23.2 Å². The molecule has 0 radical (unpaired) electrons. The van der Waals surface area contributed by atoms with Crippen LogP contribution in [0.2, 0.25) is 10.0 Å². The predicted molar refractivity (Wildman–Crippen MR) is 113 cm³/mol. The molecule has 0 aliphatic rings. The van der Waals surface area contributed by atoms with Gasteiger partial charge in [0.05, 0.1) is 10.6 Å². The van der Waals surface area contributed by atoms with Gasteiger partial charge >= 0.3 is 0 Å². The standard InChI is InChI=1S/C20H16Cl2N2O3S/c1-13-7-8-14(20(25)23-17-11-15(21)10-16(22)12-17)9-19(13)24-28(26,27)18-5-3-2-4-6-18/h2-12,24H,1H3,(H,23,25). The number of carbonyl (C=O) groups excluding carboxylic acids is 1. The molecule has 2 N–H and O–H groups in total. The number of hydrogen-bond acceptors (Lipinski definition) is 3. The molecule has 0 fully saturated rings. The molecule has 0 aliphatic heterocycles. The number of sulfonamides is 1. The lowest BCUT2D eigenvalue weighted by Crippen LogP contribution is -2.16. The molecule has 0 unspecified atom stereocenters. The Morgan fingerprint density at radius 1 is 0.893 bits per heavy atom. The van der Waals surface area contributed by atoms with Crippen molar-refractivity contribution in [3.05, 3.63) is 87.9 Å². The van der Waals surface area contributed by atoms with Crippen molar-refractivity contribution in [1.29, 1.82) is 0 Å². The van der Waals surface area contributed by atoms with E-state index in [0.29, 0.717) is 27.0 Å². The van der Waals surface area contributed by atoms with Crippen LogP contribution in [0, 0.1) is 6.92 Å². The van der Waals surface area contributed by atoms with Crippen molar-refractivity contribution in [3.8, 4) is 0 Å². The Hall–Kier alpha value is -2.54. The van der Waals surface area contributed by atoms with Crippen LogP contribution < -0.4 is 10.0 Å². The Labute approximate surface area is 173 Å². The maximum atomic E-state index is 12.6. The highest BCUT2D eigenvalue weighted by molar-refractivity contribution is 7.92. The van der Waals surface area contributed by atoms with E-state index in [1.165, 1.54) is 18.2 Å². The number of hydrogen-bond donors (Lipinski definition) is 2. The maximum absolute atomic E-state index is 12.6. The summed E-state index contributed by atoms with van der Waals surface area (Å²) >= 11 is 11.9. The predicted octanol–water partition coefficient (Wildman–Crippen LogP) is 5.35. The first-order chi connectivity index (χ1) is 13.2. The molecule has 1 amide bonds. The van der Waals surface area contributed by atoms with Crippen molar-refractivity contribution < 1.29 is 13.2 Å². The van der Waals surface area contributed by atoms with Gasteiger partial charge in [-0.3, -0.25) is 9.52 Å². The molecule has 3 aromatic carbocycles. The molecule has 0 spiro atoms. The molecule has 5 nitrogen and oxygen atoms in total. The van der Waals surface area contributed by atoms with Crippen LogP contribution in [-0.2, 0) is 10.0 Å². The molecule has 0 saturated carbocycles. The molecule has 3 aromatic rings. The van der Waals surface area contributed by atoms with Gasteiger partial charge in [-0.1, -0.05) is 47.5 Å². The SMILES string of the molecule is Cc1ccc(C(=O)Nc2cc(Cl)cc(Cl)c2)cc1NS(=O)(=O)c1ccccc1. The van der Waals surface area contributed by atoms with Gasteiger partial charge < -0.3 is 5.32 Å². The molecule has 8 heteroatoms. The maximum Gasteiger partial charge on any atom is 0.261 e. The normalized spacial score (nSPS) is 11.1. The van der Waals surface area contributed by atoms with Crippen molar-refractivity contribution in [2.75, 3.05) is 10.0 Å². The molecule has 0 bridgehead atoms. The first-order valence-corrected chi connectivity index (χ1v) is 10.4. The lowest BCUT2D eigenvalue weighted by atomic mass is 10.1. The van der Waals surface area contributed by atoms with Gasteiger partial charge in [0.25, 0.3) is 15.9 Å². The van der Waals surface area contributed by atoms with E-state index < -0.39 is 15.9 Å². The summed E-state index contributed by atoms with van der Waals surface area (Å²) in [7, 11) is -3.77. The molecular weight excluding hydrogens is 419 g/mol. The Morgan fingerprint density at radius 2 is 1.54 bits per heavy atom. The van der Waals surface area contributed by atoms with Gasteiger partial charge in [0.15, 0.2) is 0 Å². The minimum absolute atomic E-state index is 0.137. The second kappa shape index (κ2) is 8.22. The number of aryl methyl sites for hydroxylation is 1. The van der Waals surface area contributed by atoms with Crippen molar-refractivity contribution in [2.45, 2.75) is 11.8 Å². The second-order valence-corrected chi connectivity index (χ2v) is 8.62. The fourth-order valence-corrected chi connectivity index (χ4v) is 4.17. The van der Waals surface area contributed by atoms with Gasteiger partial charge in [0.2, 0.25) is 0 Å². The van der Waals surface area contributed by atoms with Crippen LogP contribution in [0.15, 0.2) is 71.6 Å². The number of nitrogens with one attached hydrogen (secondary N) is 2. The molecule has 28 heavy (non-hydrogen) atoms. The lowest BCUT2D eigenvalue weighted by Gasteiger charge is -2.13. The summed E-state index contributed by atoms with van der Waals surface area (Å²) in [5.41, 5.74) is 1.73. The van der Waals surface area contributed by atoms with Crippen LogP contribution in [0.25, 0.3) is 0 Å². The quantitative estimate of drug-likeness (QED) is 0.567. The summed E-state index contributed by atoms with van der Waals surface area (Å²) in [6, 6.07) is 17.5. The molecule has 3 rings (SSSR count). The third-order valence-corrected chi connectivity index (χ3v) is 5.74. The number of halogens is 2. The molecule has 144 valence electrons. The van der Waals surface area contributed by atoms with E-state index in [2.05, 4.69) is 10.0 Å². The van der Waals surface area contributed by atoms with Gasteiger partial charge in [-0.05, 0) is 55.0 Å². The van der Waals surface area contributed by atoms with Gasteiger partial charge in [-0.2, -0.15) is 0 Å². The Balaban J connectivity index is 1.86. The molecule has 0 saturated heterocycles. The molecule has 0 heterocycles. The Kier molecular flexibility index (Phi) is 5.93. The number of benzene rings is 3. The number of anilines is 2. The van der Waals surface area contributed by atoms with Crippen LogP contribution in [0.3, 0.4) is 0 Å². The lowest BCUT2D eigenvalue weighted by molar-refractivity contribution is 0.102. The van der Waals surface area contributed by atoms with Crippen LogP contribution in [0.5, 0.6) is 0 Å². The van der Waals surface area contributed by atoms with Gasteiger partial charge in [-0.15, -0.1) is 0 Å². The van der Waals surface area contributed by atoms with E-state index in [1.54, 1.807) is 55.5 Å². The van der Waals surface area contributed by atoms with E-state index >= 15 is 0 Å². The van der Waals surface area contributed by atoms with Gasteiger partial charge in [-0.25, -0.2) is 8.42 Å². The summed E-state index contributed by atoms with van der Waals surface area (Å²) < 4.78 is 27.7. The number of amides is 1. The number of rotatable bonds is 5. The highest BCUT2D eigenvalue weighted by Gasteiger charge is 2.16. The summed E-state index contributed by atoms with van der Waals surface area (Å²) in [5, 5.41) is 3.48. The summed E-state index contributed by atoms with van der Waals surface area (Å²) in [5.74, 6) is -0.418. The number of carbonyl (C=O) groups is 1. The zero-order chi connectivity index (χ0) is 20.3. The van der Waals surface area contributed by atoms with Crippen LogP contribution in [-0.4, -0.2) is 14.3 Å². The first-order valence-electron chi connectivity index (χ1n) is 8.20. The van der Waals surface area contributed by atoms with Crippen molar-refractivity contribution >= 4 is 50.5 Å². The smallest absolute Gasteiger partial charge is 0.261 e. The molecule has 0 aliphatic carbocycles. The third-order valence-electron chi connectivity index (χ3n) is 3.92. The van der Waals surface area contributed by atoms with Crippen molar-refractivity contribution in [3.63, 3.8) is 0 Å². The highest BCUT2D eigenvalue weighted by Crippen LogP contribution is 2.25. The zero-order valence-corrected chi connectivity index (χ0v) is 17.1. The van der Waals surface area contributed by atoms with Gasteiger partial charge in [0, 0.05) is 21.3 Å². The van der Waals surface area contributed by atoms with E-state index in [-0.39, 0.29) is 10.5 Å². The summed E-state index contributed by atoms with van der Waals surface area (Å²) in [6.07, 6.45) is 0. The average Bonchev–Trinajstić information content (AvgIpc) is 2.63. The van der Waals surface area contributed by atoms with Crippen LogP contribution in [0.4, 0.5) is 11.4 Å². The first kappa shape index (κ1) is 20.2. The van der Waals surface area contributed by atoms with Gasteiger partial charge in [0.1, 0.15) is 0 Å². The molecular formula is C20H16Cl2N2O3S. The average molecular weight is 435 g/mol. The summed E-state index contributed by atoms with van der Waals surface area (Å²) in [4.78, 5) is 12.7. The second-order valence-electron chi connectivity index (χ2n) is 6.06. The monoisotopic (exact) mass is 434 g/mol. The topological polar surface area (TPSA) is 75.3 Å². The Morgan fingerprint density at radius 3 is 2.18 bits per heavy atom. The fourth-order valence-electron chi connectivity index (χ4n) is 2.51. The largest absolute Gasteiger partial charge is 0.322 e. The van der Waals surface area contributed by atoms with E-state index in [9.17, 15) is 13.2 Å². The van der Waals surface area contributed by atoms with E-state index in [1.807, 2.05) is 0 Å². The fraction of sp³-hybridized carbons (Fsp3) is 0.0500. The highest BCUT2D eigenvalue weighted by atomic mass is 35.5. The van der Waals surface area contributed by atoms with E-state index in [0.717, 1.165) is 0 Å². The minimum Gasteiger partial charge on any atom is -0.322 e. The van der Waals surface area contributed by atoms with Crippen molar-refractivity contribution in [1.82, 2.24) is 0 Å². The molecule has 0 aromatic heterocycles. The molecule has 0 atom stereocenters. The van der Waals surface area contributed by atoms with Crippen LogP contribution in [0.1, 0.15) is 15.9 Å².